The standard InChI is InChI=1S/C16H24N4O/c1-5-9-18-15(13-8-7-10-17-12(13)3)16-14(21-4)11-19-20(16)6-2/h7-8,10-11,15,18H,5-6,9H2,1-4H3. The number of aryl methyl sites for hydroxylation is 2. The summed E-state index contributed by atoms with van der Waals surface area (Å²) in [7, 11) is 1.69. The van der Waals surface area contributed by atoms with Gasteiger partial charge in [-0.1, -0.05) is 13.0 Å². The number of rotatable bonds is 7. The molecule has 1 N–H and O–H groups in total. The number of nitrogens with one attached hydrogen (secondary N) is 1. The average molecular weight is 288 g/mol. The second-order valence-corrected chi connectivity index (χ2v) is 4.98. The van der Waals surface area contributed by atoms with Gasteiger partial charge in [-0.3, -0.25) is 9.67 Å². The fourth-order valence-corrected chi connectivity index (χ4v) is 2.52. The Balaban J connectivity index is 2.50. The van der Waals surface area contributed by atoms with Gasteiger partial charge < -0.3 is 10.1 Å². The molecule has 0 aliphatic carbocycles. The molecule has 0 saturated carbocycles. The molecule has 0 aliphatic heterocycles. The lowest BCUT2D eigenvalue weighted by molar-refractivity contribution is 0.398. The second kappa shape index (κ2) is 7.22. The molecule has 0 aromatic carbocycles. The van der Waals surface area contributed by atoms with Crippen molar-refractivity contribution in [2.24, 2.45) is 0 Å². The molecule has 0 fully saturated rings. The fourth-order valence-electron chi connectivity index (χ4n) is 2.52. The number of hydrogen-bond donors (Lipinski definition) is 1. The summed E-state index contributed by atoms with van der Waals surface area (Å²) in [6.07, 6.45) is 4.67. The monoisotopic (exact) mass is 288 g/mol. The summed E-state index contributed by atoms with van der Waals surface area (Å²) < 4.78 is 7.49. The zero-order valence-electron chi connectivity index (χ0n) is 13.3. The normalized spacial score (nSPS) is 12.4. The van der Waals surface area contributed by atoms with E-state index in [1.165, 1.54) is 5.56 Å². The third kappa shape index (κ3) is 3.24. The Morgan fingerprint density at radius 2 is 2.19 bits per heavy atom. The van der Waals surface area contributed by atoms with E-state index in [0.717, 1.165) is 36.6 Å². The summed E-state index contributed by atoms with van der Waals surface area (Å²) >= 11 is 0. The van der Waals surface area contributed by atoms with Gasteiger partial charge in [-0.25, -0.2) is 0 Å². The molecule has 2 rings (SSSR count). The molecule has 5 nitrogen and oxygen atoms in total. The number of ether oxygens (including phenoxy) is 1. The molecule has 0 amide bonds. The highest BCUT2D eigenvalue weighted by Crippen LogP contribution is 2.31. The van der Waals surface area contributed by atoms with E-state index in [9.17, 15) is 0 Å². The second-order valence-electron chi connectivity index (χ2n) is 4.98. The highest BCUT2D eigenvalue weighted by atomic mass is 16.5. The summed E-state index contributed by atoms with van der Waals surface area (Å²) in [5, 5.41) is 8.02. The lowest BCUT2D eigenvalue weighted by Gasteiger charge is -2.22. The van der Waals surface area contributed by atoms with Crippen LogP contribution in [0.5, 0.6) is 5.75 Å². The van der Waals surface area contributed by atoms with E-state index in [2.05, 4.69) is 35.3 Å². The molecular weight excluding hydrogens is 264 g/mol. The van der Waals surface area contributed by atoms with Crippen LogP contribution >= 0.6 is 0 Å². The summed E-state index contributed by atoms with van der Waals surface area (Å²) in [5.41, 5.74) is 3.25. The molecule has 0 radical (unpaired) electrons. The molecule has 0 bridgehead atoms. The van der Waals surface area contributed by atoms with E-state index in [0.29, 0.717) is 0 Å². The van der Waals surface area contributed by atoms with Crippen LogP contribution in [0.3, 0.4) is 0 Å². The van der Waals surface area contributed by atoms with Gasteiger partial charge in [-0.05, 0) is 38.4 Å². The van der Waals surface area contributed by atoms with Crippen LogP contribution < -0.4 is 10.1 Å². The highest BCUT2D eigenvalue weighted by molar-refractivity contribution is 5.37. The maximum Gasteiger partial charge on any atom is 0.161 e. The van der Waals surface area contributed by atoms with Crippen molar-refractivity contribution in [3.63, 3.8) is 0 Å². The van der Waals surface area contributed by atoms with Crippen molar-refractivity contribution in [3.8, 4) is 5.75 Å². The molecular formula is C16H24N4O. The minimum Gasteiger partial charge on any atom is -0.493 e. The smallest absolute Gasteiger partial charge is 0.161 e. The zero-order valence-corrected chi connectivity index (χ0v) is 13.3. The van der Waals surface area contributed by atoms with E-state index in [-0.39, 0.29) is 6.04 Å². The molecule has 2 aromatic rings. The van der Waals surface area contributed by atoms with Crippen molar-refractivity contribution in [2.75, 3.05) is 13.7 Å². The minimum atomic E-state index is 0.0380. The highest BCUT2D eigenvalue weighted by Gasteiger charge is 2.24. The van der Waals surface area contributed by atoms with Crippen molar-refractivity contribution in [2.45, 2.75) is 39.8 Å². The lowest BCUT2D eigenvalue weighted by atomic mass is 10.0. The maximum atomic E-state index is 5.51. The Kier molecular flexibility index (Phi) is 5.33. The lowest BCUT2D eigenvalue weighted by Crippen LogP contribution is -2.27. The molecule has 2 aromatic heterocycles. The molecule has 1 unspecified atom stereocenters. The quantitative estimate of drug-likeness (QED) is 0.851. The van der Waals surface area contributed by atoms with E-state index >= 15 is 0 Å². The molecule has 0 saturated heterocycles. The summed E-state index contributed by atoms with van der Waals surface area (Å²) in [5.74, 6) is 0.814. The maximum absolute atomic E-state index is 5.51. The zero-order chi connectivity index (χ0) is 15.2. The van der Waals surface area contributed by atoms with Gasteiger partial charge in [0.1, 0.15) is 5.69 Å². The largest absolute Gasteiger partial charge is 0.493 e. The summed E-state index contributed by atoms with van der Waals surface area (Å²) in [6, 6.07) is 4.13. The fraction of sp³-hybridized carbons (Fsp3) is 0.500. The van der Waals surface area contributed by atoms with Crippen LogP contribution in [-0.4, -0.2) is 28.4 Å². The van der Waals surface area contributed by atoms with Gasteiger partial charge in [0.15, 0.2) is 5.75 Å². The summed E-state index contributed by atoms with van der Waals surface area (Å²) in [6.45, 7) is 8.02. The Labute approximate surface area is 126 Å². The number of methoxy groups -OCH3 is 1. The first-order valence-corrected chi connectivity index (χ1v) is 7.47. The Morgan fingerprint density at radius 3 is 2.81 bits per heavy atom. The number of aromatic nitrogens is 3. The Bertz CT molecular complexity index is 558. The van der Waals surface area contributed by atoms with Crippen LogP contribution in [0.25, 0.3) is 0 Å². The van der Waals surface area contributed by atoms with Crippen molar-refractivity contribution < 1.29 is 4.74 Å². The predicted molar refractivity (Wildman–Crippen MR) is 83.6 cm³/mol. The van der Waals surface area contributed by atoms with E-state index in [1.807, 2.05) is 23.9 Å². The molecule has 2 heterocycles. The molecule has 114 valence electrons. The topological polar surface area (TPSA) is 52.0 Å². The Hall–Kier alpha value is -1.88. The van der Waals surface area contributed by atoms with Gasteiger partial charge in [0, 0.05) is 18.4 Å². The number of nitrogens with zero attached hydrogens (tertiary/aromatic N) is 3. The van der Waals surface area contributed by atoms with E-state index in [4.69, 9.17) is 4.74 Å². The van der Waals surface area contributed by atoms with Gasteiger partial charge in [-0.15, -0.1) is 0 Å². The first kappa shape index (κ1) is 15.5. The molecule has 21 heavy (non-hydrogen) atoms. The molecule has 5 heteroatoms. The van der Waals surface area contributed by atoms with Crippen molar-refractivity contribution in [1.29, 1.82) is 0 Å². The molecule has 0 spiro atoms. The molecule has 0 aliphatic rings. The number of hydrogen-bond acceptors (Lipinski definition) is 4. The SMILES string of the molecule is CCCNC(c1cccnc1C)c1c(OC)cnn1CC. The number of pyridine rings is 1. The van der Waals surface area contributed by atoms with Crippen LogP contribution in [0.4, 0.5) is 0 Å². The van der Waals surface area contributed by atoms with Gasteiger partial charge in [0.25, 0.3) is 0 Å². The van der Waals surface area contributed by atoms with Crippen molar-refractivity contribution >= 4 is 0 Å². The van der Waals surface area contributed by atoms with Gasteiger partial charge >= 0.3 is 0 Å². The van der Waals surface area contributed by atoms with E-state index < -0.39 is 0 Å². The third-order valence-corrected chi connectivity index (χ3v) is 3.60. The van der Waals surface area contributed by atoms with Gasteiger partial charge in [0.2, 0.25) is 0 Å². The third-order valence-electron chi connectivity index (χ3n) is 3.60. The van der Waals surface area contributed by atoms with Crippen LogP contribution in [0.1, 0.15) is 43.3 Å². The van der Waals surface area contributed by atoms with Crippen molar-refractivity contribution in [3.05, 3.63) is 41.5 Å². The van der Waals surface area contributed by atoms with Gasteiger partial charge in [-0.2, -0.15) is 5.10 Å². The Morgan fingerprint density at radius 1 is 1.38 bits per heavy atom. The van der Waals surface area contributed by atoms with E-state index in [1.54, 1.807) is 13.3 Å². The van der Waals surface area contributed by atoms with Crippen LogP contribution in [0.15, 0.2) is 24.5 Å². The first-order valence-electron chi connectivity index (χ1n) is 7.47. The molecule has 1 atom stereocenters. The van der Waals surface area contributed by atoms with Crippen LogP contribution in [-0.2, 0) is 6.54 Å². The minimum absolute atomic E-state index is 0.0380. The summed E-state index contributed by atoms with van der Waals surface area (Å²) in [4.78, 5) is 4.42. The predicted octanol–water partition coefficient (Wildman–Crippen LogP) is 2.70. The van der Waals surface area contributed by atoms with Crippen molar-refractivity contribution in [1.82, 2.24) is 20.1 Å². The average Bonchev–Trinajstić information content (AvgIpc) is 2.92. The van der Waals surface area contributed by atoms with Crippen LogP contribution in [0, 0.1) is 6.92 Å². The first-order chi connectivity index (χ1) is 10.2. The van der Waals surface area contributed by atoms with Crippen LogP contribution in [0.2, 0.25) is 0 Å². The van der Waals surface area contributed by atoms with Gasteiger partial charge in [0.05, 0.1) is 19.3 Å².